The van der Waals surface area contributed by atoms with E-state index < -0.39 is 0 Å². The summed E-state index contributed by atoms with van der Waals surface area (Å²) in [5, 5.41) is 12.1. The van der Waals surface area contributed by atoms with Gasteiger partial charge in [-0.05, 0) is 65.4 Å². The van der Waals surface area contributed by atoms with E-state index in [0.29, 0.717) is 0 Å². The molecule has 0 spiro atoms. The van der Waals surface area contributed by atoms with E-state index in [9.17, 15) is 0 Å². The molecule has 0 aliphatic heterocycles. The minimum Gasteiger partial charge on any atom is -0.380 e. The standard InChI is InChI=1S/C13H11IN2S/c1-9-6-10(14)2-5-13(9)16-8-12-4-3-11(7-15)17-12/h2-6,16H,8H2,1H3. The SMILES string of the molecule is Cc1cc(I)ccc1NCc1ccc(C#N)s1. The van der Waals surface area contributed by atoms with Crippen molar-refractivity contribution in [2.45, 2.75) is 13.5 Å². The fourth-order valence-electron chi connectivity index (χ4n) is 1.54. The first-order chi connectivity index (χ1) is 8.19. The van der Waals surface area contributed by atoms with Crippen LogP contribution in [0.2, 0.25) is 0 Å². The summed E-state index contributed by atoms with van der Waals surface area (Å²) in [4.78, 5) is 1.95. The van der Waals surface area contributed by atoms with Crippen molar-refractivity contribution in [3.8, 4) is 6.07 Å². The van der Waals surface area contributed by atoms with E-state index in [0.717, 1.165) is 17.1 Å². The largest absolute Gasteiger partial charge is 0.380 e. The summed E-state index contributed by atoms with van der Waals surface area (Å²) in [6.07, 6.45) is 0. The summed E-state index contributed by atoms with van der Waals surface area (Å²) in [5.74, 6) is 0. The summed E-state index contributed by atoms with van der Waals surface area (Å²) in [6.45, 7) is 2.87. The lowest BCUT2D eigenvalue weighted by molar-refractivity contribution is 1.18. The fraction of sp³-hybridized carbons (Fsp3) is 0.154. The third-order valence-corrected chi connectivity index (χ3v) is 4.07. The molecule has 17 heavy (non-hydrogen) atoms. The van der Waals surface area contributed by atoms with Crippen LogP contribution in [0.1, 0.15) is 15.3 Å². The van der Waals surface area contributed by atoms with Crippen LogP contribution in [-0.2, 0) is 6.54 Å². The quantitative estimate of drug-likeness (QED) is 0.841. The Labute approximate surface area is 118 Å². The van der Waals surface area contributed by atoms with Gasteiger partial charge in [0.25, 0.3) is 0 Å². The molecule has 86 valence electrons. The Bertz CT molecular complexity index is 569. The van der Waals surface area contributed by atoms with Crippen LogP contribution < -0.4 is 5.32 Å². The molecule has 0 radical (unpaired) electrons. The van der Waals surface area contributed by atoms with Gasteiger partial charge >= 0.3 is 0 Å². The summed E-state index contributed by atoms with van der Waals surface area (Å²) < 4.78 is 1.24. The highest BCUT2D eigenvalue weighted by Gasteiger charge is 2.01. The highest BCUT2D eigenvalue weighted by atomic mass is 127. The molecular weight excluding hydrogens is 343 g/mol. The molecule has 0 unspecified atom stereocenters. The Morgan fingerprint density at radius 3 is 2.82 bits per heavy atom. The topological polar surface area (TPSA) is 35.8 Å². The second-order valence-electron chi connectivity index (χ2n) is 3.69. The molecule has 2 rings (SSSR count). The van der Waals surface area contributed by atoms with E-state index in [2.05, 4.69) is 59.1 Å². The van der Waals surface area contributed by atoms with Gasteiger partial charge in [0.05, 0.1) is 0 Å². The van der Waals surface area contributed by atoms with E-state index in [1.807, 2.05) is 12.1 Å². The molecule has 0 amide bonds. The third kappa shape index (κ3) is 3.20. The Morgan fingerprint density at radius 2 is 2.18 bits per heavy atom. The van der Waals surface area contributed by atoms with Gasteiger partial charge in [0, 0.05) is 20.7 Å². The number of hydrogen-bond acceptors (Lipinski definition) is 3. The van der Waals surface area contributed by atoms with Gasteiger partial charge in [0.2, 0.25) is 0 Å². The Kier molecular flexibility index (Phi) is 4.02. The maximum absolute atomic E-state index is 8.75. The second kappa shape index (κ2) is 5.52. The van der Waals surface area contributed by atoms with Crippen molar-refractivity contribution >= 4 is 39.6 Å². The molecule has 0 aliphatic rings. The Hall–Kier alpha value is -1.06. The van der Waals surface area contributed by atoms with E-state index >= 15 is 0 Å². The van der Waals surface area contributed by atoms with Crippen molar-refractivity contribution in [1.82, 2.24) is 0 Å². The molecule has 1 heterocycles. The molecule has 1 aromatic carbocycles. The monoisotopic (exact) mass is 354 g/mol. The summed E-state index contributed by atoms with van der Waals surface area (Å²) in [6, 6.07) is 12.3. The number of nitrogens with one attached hydrogen (secondary N) is 1. The minimum absolute atomic E-state index is 0.765. The van der Waals surface area contributed by atoms with Gasteiger partial charge in [0.15, 0.2) is 0 Å². The maximum atomic E-state index is 8.75. The number of hydrogen-bond donors (Lipinski definition) is 1. The van der Waals surface area contributed by atoms with E-state index in [1.165, 1.54) is 25.3 Å². The van der Waals surface area contributed by atoms with Crippen LogP contribution in [0.3, 0.4) is 0 Å². The molecular formula is C13H11IN2S. The fourth-order valence-corrected chi connectivity index (χ4v) is 2.93. The number of nitriles is 1. The normalized spacial score (nSPS) is 9.94. The molecule has 2 aromatic rings. The number of nitrogens with zero attached hydrogens (tertiary/aromatic N) is 1. The molecule has 2 nitrogen and oxygen atoms in total. The van der Waals surface area contributed by atoms with Crippen LogP contribution >= 0.6 is 33.9 Å². The first kappa shape index (κ1) is 12.4. The lowest BCUT2D eigenvalue weighted by Gasteiger charge is -2.08. The average molecular weight is 354 g/mol. The minimum atomic E-state index is 0.765. The molecule has 0 aliphatic carbocycles. The van der Waals surface area contributed by atoms with Gasteiger partial charge in [-0.15, -0.1) is 11.3 Å². The van der Waals surface area contributed by atoms with Gasteiger partial charge in [-0.2, -0.15) is 5.26 Å². The van der Waals surface area contributed by atoms with Crippen LogP contribution in [0.25, 0.3) is 0 Å². The number of aryl methyl sites for hydroxylation is 1. The second-order valence-corrected chi connectivity index (χ2v) is 6.10. The molecule has 0 fully saturated rings. The summed E-state index contributed by atoms with van der Waals surface area (Å²) in [5.41, 5.74) is 2.39. The van der Waals surface area contributed by atoms with Gasteiger partial charge in [-0.3, -0.25) is 0 Å². The van der Waals surface area contributed by atoms with E-state index in [1.54, 1.807) is 0 Å². The number of anilines is 1. The molecule has 0 saturated carbocycles. The molecule has 0 saturated heterocycles. The van der Waals surface area contributed by atoms with Crippen molar-refractivity contribution in [1.29, 1.82) is 5.26 Å². The molecule has 1 aromatic heterocycles. The number of halogens is 1. The van der Waals surface area contributed by atoms with Gasteiger partial charge in [0.1, 0.15) is 10.9 Å². The zero-order chi connectivity index (χ0) is 12.3. The van der Waals surface area contributed by atoms with Crippen molar-refractivity contribution in [2.24, 2.45) is 0 Å². The highest BCUT2D eigenvalue weighted by molar-refractivity contribution is 14.1. The molecule has 0 bridgehead atoms. The average Bonchev–Trinajstić information content (AvgIpc) is 2.76. The smallest absolute Gasteiger partial charge is 0.110 e. The van der Waals surface area contributed by atoms with Crippen LogP contribution in [0, 0.1) is 21.8 Å². The van der Waals surface area contributed by atoms with Crippen molar-refractivity contribution in [3.05, 3.63) is 49.2 Å². The summed E-state index contributed by atoms with van der Waals surface area (Å²) in [7, 11) is 0. The van der Waals surface area contributed by atoms with Crippen LogP contribution in [0.15, 0.2) is 30.3 Å². The zero-order valence-electron chi connectivity index (χ0n) is 9.33. The van der Waals surface area contributed by atoms with Crippen LogP contribution in [-0.4, -0.2) is 0 Å². The first-order valence-electron chi connectivity index (χ1n) is 5.18. The van der Waals surface area contributed by atoms with Crippen LogP contribution in [0.5, 0.6) is 0 Å². The lowest BCUT2D eigenvalue weighted by Crippen LogP contribution is -1.99. The first-order valence-corrected chi connectivity index (χ1v) is 7.07. The Morgan fingerprint density at radius 1 is 1.35 bits per heavy atom. The molecule has 1 N–H and O–H groups in total. The van der Waals surface area contributed by atoms with E-state index in [-0.39, 0.29) is 0 Å². The highest BCUT2D eigenvalue weighted by Crippen LogP contribution is 2.20. The zero-order valence-corrected chi connectivity index (χ0v) is 12.3. The van der Waals surface area contributed by atoms with Crippen molar-refractivity contribution in [3.63, 3.8) is 0 Å². The Balaban J connectivity index is 2.05. The van der Waals surface area contributed by atoms with Gasteiger partial charge in [-0.1, -0.05) is 0 Å². The predicted molar refractivity (Wildman–Crippen MR) is 80.3 cm³/mol. The van der Waals surface area contributed by atoms with E-state index in [4.69, 9.17) is 5.26 Å². The molecule has 4 heteroatoms. The predicted octanol–water partition coefficient (Wildman–Crippen LogP) is 4.14. The van der Waals surface area contributed by atoms with Gasteiger partial charge < -0.3 is 5.32 Å². The van der Waals surface area contributed by atoms with Crippen LogP contribution in [0.4, 0.5) is 5.69 Å². The number of benzene rings is 1. The molecule has 0 atom stereocenters. The third-order valence-electron chi connectivity index (χ3n) is 2.41. The van der Waals surface area contributed by atoms with Gasteiger partial charge in [-0.25, -0.2) is 0 Å². The maximum Gasteiger partial charge on any atom is 0.110 e. The number of thiophene rings is 1. The number of rotatable bonds is 3. The van der Waals surface area contributed by atoms with Crippen molar-refractivity contribution < 1.29 is 0 Å². The summed E-state index contributed by atoms with van der Waals surface area (Å²) >= 11 is 3.84. The lowest BCUT2D eigenvalue weighted by atomic mass is 10.2. The van der Waals surface area contributed by atoms with Crippen molar-refractivity contribution in [2.75, 3.05) is 5.32 Å².